The molecular weight excluding hydrogens is 158 g/mol. The Balaban J connectivity index is 2.23. The third kappa shape index (κ3) is 0.973. The standard InChI is InChI=1S/C12H11N/c1-2-4-11-9(3-1)7-10-8-13-6-5-12(10)11/h1-5,7,13H,6,8H2. The fourth-order valence-electron chi connectivity index (χ4n) is 2.07. The van der Waals surface area contributed by atoms with E-state index in [-0.39, 0.29) is 0 Å². The van der Waals surface area contributed by atoms with Gasteiger partial charge in [-0.3, -0.25) is 0 Å². The van der Waals surface area contributed by atoms with Crippen molar-refractivity contribution >= 4 is 11.6 Å². The molecule has 64 valence electrons. The zero-order chi connectivity index (χ0) is 8.67. The van der Waals surface area contributed by atoms with Crippen LogP contribution in [0.5, 0.6) is 0 Å². The molecule has 1 nitrogen and oxygen atoms in total. The van der Waals surface area contributed by atoms with Crippen molar-refractivity contribution in [2.75, 3.05) is 13.1 Å². The van der Waals surface area contributed by atoms with Gasteiger partial charge in [0.2, 0.25) is 0 Å². The van der Waals surface area contributed by atoms with Crippen LogP contribution in [-0.2, 0) is 0 Å². The predicted molar refractivity (Wildman–Crippen MR) is 55.3 cm³/mol. The van der Waals surface area contributed by atoms with Gasteiger partial charge in [0.15, 0.2) is 0 Å². The molecule has 0 saturated carbocycles. The van der Waals surface area contributed by atoms with Crippen LogP contribution in [0.15, 0.2) is 35.9 Å². The lowest BCUT2D eigenvalue weighted by molar-refractivity contribution is 0.815. The number of fused-ring (bicyclic) bond motifs is 3. The van der Waals surface area contributed by atoms with Gasteiger partial charge in [-0.1, -0.05) is 30.3 Å². The molecule has 0 radical (unpaired) electrons. The number of hydrogen-bond acceptors (Lipinski definition) is 1. The minimum absolute atomic E-state index is 1.00. The summed E-state index contributed by atoms with van der Waals surface area (Å²) < 4.78 is 0. The first-order chi connectivity index (χ1) is 6.45. The maximum Gasteiger partial charge on any atom is 0.0214 e. The van der Waals surface area contributed by atoms with Crippen molar-refractivity contribution in [2.45, 2.75) is 0 Å². The van der Waals surface area contributed by atoms with Crippen molar-refractivity contribution in [3.8, 4) is 0 Å². The second-order valence-electron chi connectivity index (χ2n) is 3.51. The number of rotatable bonds is 0. The smallest absolute Gasteiger partial charge is 0.0214 e. The van der Waals surface area contributed by atoms with E-state index in [0.717, 1.165) is 13.1 Å². The number of hydrogen-bond donors (Lipinski definition) is 1. The molecule has 3 rings (SSSR count). The maximum atomic E-state index is 3.35. The largest absolute Gasteiger partial charge is 0.309 e. The minimum atomic E-state index is 1.00. The van der Waals surface area contributed by atoms with Gasteiger partial charge in [0, 0.05) is 13.1 Å². The Labute approximate surface area is 77.8 Å². The van der Waals surface area contributed by atoms with Crippen LogP contribution in [0.4, 0.5) is 0 Å². The zero-order valence-corrected chi connectivity index (χ0v) is 7.38. The Bertz CT molecular complexity index is 413. The molecule has 0 fully saturated rings. The molecule has 1 heterocycles. The molecule has 1 N–H and O–H groups in total. The summed E-state index contributed by atoms with van der Waals surface area (Å²) in [6.45, 7) is 2.02. The average Bonchev–Trinajstić information content (AvgIpc) is 2.56. The fraction of sp³-hybridized carbons (Fsp3) is 0.167. The van der Waals surface area contributed by atoms with Gasteiger partial charge >= 0.3 is 0 Å². The van der Waals surface area contributed by atoms with E-state index in [9.17, 15) is 0 Å². The molecule has 13 heavy (non-hydrogen) atoms. The van der Waals surface area contributed by atoms with Crippen molar-refractivity contribution < 1.29 is 0 Å². The van der Waals surface area contributed by atoms with E-state index >= 15 is 0 Å². The van der Waals surface area contributed by atoms with Crippen molar-refractivity contribution in [1.29, 1.82) is 0 Å². The normalized spacial score (nSPS) is 18.8. The van der Waals surface area contributed by atoms with E-state index in [0.29, 0.717) is 0 Å². The number of benzene rings is 1. The Hall–Kier alpha value is -1.34. The first-order valence-electron chi connectivity index (χ1n) is 4.66. The van der Waals surface area contributed by atoms with E-state index in [1.165, 1.54) is 22.3 Å². The van der Waals surface area contributed by atoms with Crippen LogP contribution in [0.3, 0.4) is 0 Å². The van der Waals surface area contributed by atoms with Crippen molar-refractivity contribution in [3.63, 3.8) is 0 Å². The van der Waals surface area contributed by atoms with Gasteiger partial charge in [-0.2, -0.15) is 0 Å². The van der Waals surface area contributed by atoms with Crippen molar-refractivity contribution in [1.82, 2.24) is 5.32 Å². The summed E-state index contributed by atoms with van der Waals surface area (Å²) in [4.78, 5) is 0. The zero-order valence-electron chi connectivity index (χ0n) is 7.38. The average molecular weight is 169 g/mol. The van der Waals surface area contributed by atoms with Crippen LogP contribution in [-0.4, -0.2) is 13.1 Å². The van der Waals surface area contributed by atoms with Gasteiger partial charge in [-0.05, 0) is 28.3 Å². The second-order valence-corrected chi connectivity index (χ2v) is 3.51. The third-order valence-corrected chi connectivity index (χ3v) is 2.69. The molecule has 1 aliphatic heterocycles. The first kappa shape index (κ1) is 7.10. The summed E-state index contributed by atoms with van der Waals surface area (Å²) in [6.07, 6.45) is 4.56. The molecular formula is C12H11N. The highest BCUT2D eigenvalue weighted by Gasteiger charge is 2.19. The molecule has 1 heteroatoms. The molecule has 0 unspecified atom stereocenters. The van der Waals surface area contributed by atoms with Crippen LogP contribution in [0, 0.1) is 0 Å². The maximum absolute atomic E-state index is 3.35. The van der Waals surface area contributed by atoms with Crippen LogP contribution < -0.4 is 5.32 Å². The predicted octanol–water partition coefficient (Wildman–Crippen LogP) is 2.07. The van der Waals surface area contributed by atoms with Crippen LogP contribution >= 0.6 is 0 Å². The lowest BCUT2D eigenvalue weighted by Gasteiger charge is -2.13. The number of nitrogens with one attached hydrogen (secondary N) is 1. The molecule has 0 atom stereocenters. The van der Waals surface area contributed by atoms with Crippen LogP contribution in [0.1, 0.15) is 11.1 Å². The highest BCUT2D eigenvalue weighted by atomic mass is 14.9. The van der Waals surface area contributed by atoms with E-state index < -0.39 is 0 Å². The second kappa shape index (κ2) is 2.57. The lowest BCUT2D eigenvalue weighted by Crippen LogP contribution is -2.21. The van der Waals surface area contributed by atoms with Gasteiger partial charge in [0.1, 0.15) is 0 Å². The SMILES string of the molecule is C1=C2CNCC=C2c2ccccc21. The highest BCUT2D eigenvalue weighted by molar-refractivity contribution is 5.95. The van der Waals surface area contributed by atoms with Crippen molar-refractivity contribution in [2.24, 2.45) is 0 Å². The fourth-order valence-corrected chi connectivity index (χ4v) is 2.07. The molecule has 0 saturated heterocycles. The van der Waals surface area contributed by atoms with Crippen molar-refractivity contribution in [3.05, 3.63) is 47.0 Å². The van der Waals surface area contributed by atoms with Gasteiger partial charge in [-0.15, -0.1) is 0 Å². The summed E-state index contributed by atoms with van der Waals surface area (Å²) in [5.74, 6) is 0. The van der Waals surface area contributed by atoms with E-state index in [2.05, 4.69) is 41.7 Å². The van der Waals surface area contributed by atoms with Gasteiger partial charge in [0.25, 0.3) is 0 Å². The summed E-state index contributed by atoms with van der Waals surface area (Å²) >= 11 is 0. The molecule has 0 amide bonds. The molecule has 1 aromatic rings. The summed E-state index contributed by atoms with van der Waals surface area (Å²) in [5.41, 5.74) is 5.65. The van der Waals surface area contributed by atoms with Gasteiger partial charge in [0.05, 0.1) is 0 Å². The van der Waals surface area contributed by atoms with Gasteiger partial charge < -0.3 is 5.32 Å². The molecule has 2 aliphatic rings. The summed E-state index contributed by atoms with van der Waals surface area (Å²) in [6, 6.07) is 8.59. The highest BCUT2D eigenvalue weighted by Crippen LogP contribution is 2.35. The molecule has 0 spiro atoms. The molecule has 1 aliphatic carbocycles. The Morgan fingerprint density at radius 2 is 2.08 bits per heavy atom. The summed E-state index contributed by atoms with van der Waals surface area (Å²) in [5, 5.41) is 3.35. The Morgan fingerprint density at radius 1 is 1.15 bits per heavy atom. The monoisotopic (exact) mass is 169 g/mol. The quantitative estimate of drug-likeness (QED) is 0.627. The Kier molecular flexibility index (Phi) is 1.41. The molecule has 1 aromatic carbocycles. The van der Waals surface area contributed by atoms with E-state index in [1.54, 1.807) is 0 Å². The van der Waals surface area contributed by atoms with E-state index in [1.807, 2.05) is 0 Å². The summed E-state index contributed by atoms with van der Waals surface area (Å²) in [7, 11) is 0. The first-order valence-corrected chi connectivity index (χ1v) is 4.66. The van der Waals surface area contributed by atoms with Crippen LogP contribution in [0.2, 0.25) is 0 Å². The lowest BCUT2D eigenvalue weighted by atomic mass is 10.0. The Morgan fingerprint density at radius 3 is 3.08 bits per heavy atom. The van der Waals surface area contributed by atoms with E-state index in [4.69, 9.17) is 0 Å². The minimum Gasteiger partial charge on any atom is -0.309 e. The topological polar surface area (TPSA) is 12.0 Å². The molecule has 0 bridgehead atoms. The third-order valence-electron chi connectivity index (χ3n) is 2.69. The van der Waals surface area contributed by atoms with Gasteiger partial charge in [-0.25, -0.2) is 0 Å². The van der Waals surface area contributed by atoms with Crippen LogP contribution in [0.25, 0.3) is 11.6 Å². The molecule has 0 aromatic heterocycles.